The van der Waals surface area contributed by atoms with Crippen LogP contribution >= 0.6 is 0 Å². The molecule has 2 saturated heterocycles. The van der Waals surface area contributed by atoms with Gasteiger partial charge in [0.25, 0.3) is 0 Å². The Balaban J connectivity index is 1.92. The molecule has 0 radical (unpaired) electrons. The molecule has 0 aromatic carbocycles. The number of hydrogen-bond donors (Lipinski definition) is 1. The van der Waals surface area contributed by atoms with Crippen LogP contribution in [0.5, 0.6) is 0 Å². The summed E-state index contributed by atoms with van der Waals surface area (Å²) in [6.07, 6.45) is 1.01. The van der Waals surface area contributed by atoms with E-state index in [9.17, 15) is 9.59 Å². The molecule has 0 aliphatic carbocycles. The normalized spacial score (nSPS) is 29.4. The zero-order chi connectivity index (χ0) is 15.6. The van der Waals surface area contributed by atoms with Crippen molar-refractivity contribution in [1.82, 2.24) is 14.7 Å². The first kappa shape index (κ1) is 16.1. The summed E-state index contributed by atoms with van der Waals surface area (Å²) in [6, 6.07) is 0.458. The van der Waals surface area contributed by atoms with E-state index in [1.165, 1.54) is 0 Å². The van der Waals surface area contributed by atoms with Crippen molar-refractivity contribution in [3.05, 3.63) is 0 Å². The first-order valence-corrected chi connectivity index (χ1v) is 7.98. The lowest BCUT2D eigenvalue weighted by molar-refractivity contribution is -0.142. The number of carboxylic acids is 1. The molecule has 0 spiro atoms. The first-order chi connectivity index (χ1) is 9.97. The molecule has 1 unspecified atom stereocenters. The first-order valence-electron chi connectivity index (χ1n) is 7.98. The smallest absolute Gasteiger partial charge is 0.320 e. The van der Waals surface area contributed by atoms with Gasteiger partial charge in [-0.3, -0.25) is 9.69 Å². The molecule has 3 atom stereocenters. The maximum atomic E-state index is 12.5. The number of carboxylic acid groups (broad SMARTS) is 1. The van der Waals surface area contributed by atoms with Crippen molar-refractivity contribution >= 4 is 12.0 Å². The molecule has 120 valence electrons. The molecule has 21 heavy (non-hydrogen) atoms. The van der Waals surface area contributed by atoms with Gasteiger partial charge in [0.2, 0.25) is 0 Å². The quantitative estimate of drug-likeness (QED) is 0.846. The number of nitrogens with zero attached hydrogens (tertiary/aromatic N) is 3. The molecule has 6 heteroatoms. The van der Waals surface area contributed by atoms with Gasteiger partial charge in [0.1, 0.15) is 0 Å². The Labute approximate surface area is 126 Å². The SMILES string of the molecule is CCN(CC)C1CCN(C(=O)N2C[C@@H](C)[C@H](C(=O)O)C2)C1. The Bertz CT molecular complexity index is 398. The van der Waals surface area contributed by atoms with Crippen molar-refractivity contribution in [3.8, 4) is 0 Å². The van der Waals surface area contributed by atoms with Gasteiger partial charge in [0, 0.05) is 32.2 Å². The van der Waals surface area contributed by atoms with Crippen molar-refractivity contribution in [2.24, 2.45) is 11.8 Å². The number of hydrogen-bond acceptors (Lipinski definition) is 3. The van der Waals surface area contributed by atoms with Crippen molar-refractivity contribution in [2.45, 2.75) is 33.2 Å². The fourth-order valence-corrected chi connectivity index (χ4v) is 3.60. The fourth-order valence-electron chi connectivity index (χ4n) is 3.60. The Kier molecular flexibility index (Phi) is 5.08. The topological polar surface area (TPSA) is 64.1 Å². The van der Waals surface area contributed by atoms with Gasteiger partial charge in [-0.05, 0) is 25.4 Å². The molecule has 0 bridgehead atoms. The third-order valence-electron chi connectivity index (χ3n) is 4.96. The van der Waals surface area contributed by atoms with Crippen LogP contribution in [0.1, 0.15) is 27.2 Å². The van der Waals surface area contributed by atoms with Crippen LogP contribution in [0.25, 0.3) is 0 Å². The molecule has 1 N–H and O–H groups in total. The van der Waals surface area contributed by atoms with Crippen LogP contribution in [-0.2, 0) is 4.79 Å². The van der Waals surface area contributed by atoms with E-state index in [1.54, 1.807) is 4.90 Å². The van der Waals surface area contributed by atoms with E-state index in [0.29, 0.717) is 19.1 Å². The summed E-state index contributed by atoms with van der Waals surface area (Å²) < 4.78 is 0. The third kappa shape index (κ3) is 3.31. The van der Waals surface area contributed by atoms with E-state index in [-0.39, 0.29) is 11.9 Å². The lowest BCUT2D eigenvalue weighted by Gasteiger charge is -2.28. The maximum Gasteiger partial charge on any atom is 0.320 e. The highest BCUT2D eigenvalue weighted by Gasteiger charge is 2.40. The van der Waals surface area contributed by atoms with Gasteiger partial charge in [0.05, 0.1) is 5.92 Å². The van der Waals surface area contributed by atoms with Gasteiger partial charge in [-0.25, -0.2) is 4.79 Å². The highest BCUT2D eigenvalue weighted by Crippen LogP contribution is 2.25. The average molecular weight is 297 g/mol. The summed E-state index contributed by atoms with van der Waals surface area (Å²) in [5, 5.41) is 9.17. The van der Waals surface area contributed by atoms with Crippen LogP contribution in [-0.4, -0.2) is 77.1 Å². The van der Waals surface area contributed by atoms with E-state index in [4.69, 9.17) is 5.11 Å². The van der Waals surface area contributed by atoms with E-state index in [2.05, 4.69) is 18.7 Å². The second-order valence-corrected chi connectivity index (χ2v) is 6.22. The van der Waals surface area contributed by atoms with Gasteiger partial charge in [-0.2, -0.15) is 0 Å². The second kappa shape index (κ2) is 6.64. The predicted molar refractivity (Wildman–Crippen MR) is 80.2 cm³/mol. The Hall–Kier alpha value is -1.30. The highest BCUT2D eigenvalue weighted by molar-refractivity contribution is 5.78. The lowest BCUT2D eigenvalue weighted by atomic mass is 9.99. The fraction of sp³-hybridized carbons (Fsp3) is 0.867. The van der Waals surface area contributed by atoms with Gasteiger partial charge in [-0.1, -0.05) is 20.8 Å². The zero-order valence-corrected chi connectivity index (χ0v) is 13.3. The van der Waals surface area contributed by atoms with E-state index < -0.39 is 11.9 Å². The molecule has 2 rings (SSSR count). The van der Waals surface area contributed by atoms with E-state index >= 15 is 0 Å². The van der Waals surface area contributed by atoms with Crippen LogP contribution < -0.4 is 0 Å². The Morgan fingerprint density at radius 1 is 1.14 bits per heavy atom. The number of likely N-dealkylation sites (N-methyl/N-ethyl adjacent to an activating group) is 1. The van der Waals surface area contributed by atoms with E-state index in [1.807, 2.05) is 11.8 Å². The maximum absolute atomic E-state index is 12.5. The molecule has 2 fully saturated rings. The molecule has 2 heterocycles. The number of carbonyl (C=O) groups is 2. The minimum Gasteiger partial charge on any atom is -0.481 e. The van der Waals surface area contributed by atoms with Crippen molar-refractivity contribution in [3.63, 3.8) is 0 Å². The van der Waals surface area contributed by atoms with E-state index in [0.717, 1.165) is 32.6 Å². The molecule has 0 saturated carbocycles. The molecule has 2 aliphatic heterocycles. The molecule has 2 aliphatic rings. The monoisotopic (exact) mass is 297 g/mol. The third-order valence-corrected chi connectivity index (χ3v) is 4.96. The summed E-state index contributed by atoms with van der Waals surface area (Å²) >= 11 is 0. The van der Waals surface area contributed by atoms with Crippen LogP contribution in [0.3, 0.4) is 0 Å². The van der Waals surface area contributed by atoms with Crippen LogP contribution in [0.15, 0.2) is 0 Å². The standard InChI is InChI=1S/C15H27N3O3/c1-4-16(5-2)12-6-7-17(9-12)15(21)18-8-11(3)13(10-18)14(19)20/h11-13H,4-10H2,1-3H3,(H,19,20)/t11-,12?,13-/m1/s1. The summed E-state index contributed by atoms with van der Waals surface area (Å²) in [5.74, 6) is -1.18. The summed E-state index contributed by atoms with van der Waals surface area (Å²) in [7, 11) is 0. The number of likely N-dealkylation sites (tertiary alicyclic amines) is 2. The van der Waals surface area contributed by atoms with Gasteiger partial charge >= 0.3 is 12.0 Å². The number of urea groups is 1. The van der Waals surface area contributed by atoms with Gasteiger partial charge in [-0.15, -0.1) is 0 Å². The molecular weight excluding hydrogens is 270 g/mol. The molecular formula is C15H27N3O3. The second-order valence-electron chi connectivity index (χ2n) is 6.22. The summed E-state index contributed by atoms with van der Waals surface area (Å²) in [4.78, 5) is 29.7. The number of carbonyl (C=O) groups excluding carboxylic acids is 1. The minimum atomic E-state index is -0.791. The largest absolute Gasteiger partial charge is 0.481 e. The summed E-state index contributed by atoms with van der Waals surface area (Å²) in [5.41, 5.74) is 0. The number of aliphatic carboxylic acids is 1. The Morgan fingerprint density at radius 3 is 2.33 bits per heavy atom. The highest BCUT2D eigenvalue weighted by atomic mass is 16.4. The minimum absolute atomic E-state index is 0.0141. The molecule has 6 nitrogen and oxygen atoms in total. The van der Waals surface area contributed by atoms with Crippen molar-refractivity contribution < 1.29 is 14.7 Å². The number of amides is 2. The lowest BCUT2D eigenvalue weighted by Crippen LogP contribution is -2.43. The van der Waals surface area contributed by atoms with Crippen LogP contribution in [0.2, 0.25) is 0 Å². The average Bonchev–Trinajstić information content (AvgIpc) is 3.06. The van der Waals surface area contributed by atoms with Gasteiger partial charge in [0.15, 0.2) is 0 Å². The number of rotatable bonds is 4. The molecule has 0 aromatic rings. The predicted octanol–water partition coefficient (Wildman–Crippen LogP) is 1.17. The van der Waals surface area contributed by atoms with Crippen LogP contribution in [0.4, 0.5) is 4.79 Å². The van der Waals surface area contributed by atoms with Crippen LogP contribution in [0, 0.1) is 11.8 Å². The van der Waals surface area contributed by atoms with Crippen molar-refractivity contribution in [1.29, 1.82) is 0 Å². The Morgan fingerprint density at radius 2 is 1.81 bits per heavy atom. The van der Waals surface area contributed by atoms with Crippen molar-refractivity contribution in [2.75, 3.05) is 39.3 Å². The molecule has 2 amide bonds. The summed E-state index contributed by atoms with van der Waals surface area (Å²) in [6.45, 7) is 10.7. The molecule has 0 aromatic heterocycles. The van der Waals surface area contributed by atoms with Gasteiger partial charge < -0.3 is 14.9 Å². The zero-order valence-electron chi connectivity index (χ0n) is 13.3.